The molecule has 1 aliphatic heterocycles. The Morgan fingerprint density at radius 3 is 2.12 bits per heavy atom. The fourth-order valence-corrected chi connectivity index (χ4v) is 2.71. The largest absolute Gasteiger partial charge is 0.366 e. The van der Waals surface area contributed by atoms with Gasteiger partial charge in [0.05, 0.1) is 25.9 Å². The summed E-state index contributed by atoms with van der Waals surface area (Å²) in [5.74, 6) is -3.01. The predicted molar refractivity (Wildman–Crippen MR) is 108 cm³/mol. The molecule has 1 aliphatic rings. The van der Waals surface area contributed by atoms with Crippen LogP contribution in [-0.2, 0) is 22.0 Å². The van der Waals surface area contributed by atoms with Gasteiger partial charge in [-0.15, -0.1) is 0 Å². The third-order valence-electron chi connectivity index (χ3n) is 3.25. The maximum Gasteiger partial charge on any atom is 0.163 e. The monoisotopic (exact) mass is 492 g/mol. The van der Waals surface area contributed by atoms with Gasteiger partial charge in [-0.3, -0.25) is 0 Å². The molecule has 0 aliphatic carbocycles. The zero-order chi connectivity index (χ0) is 20.4. The van der Waals surface area contributed by atoms with Crippen LogP contribution in [0.4, 0.5) is 0 Å². The summed E-state index contributed by atoms with van der Waals surface area (Å²) in [6.07, 6.45) is 1.92. The summed E-state index contributed by atoms with van der Waals surface area (Å²) < 4.78 is 27.0. The van der Waals surface area contributed by atoms with Gasteiger partial charge in [-0.25, -0.2) is 0 Å². The molecule has 0 bridgehead atoms. The average Bonchev–Trinajstić information content (AvgIpc) is 2.82. The molecule has 2 unspecified atom stereocenters. The Morgan fingerprint density at radius 1 is 1.15 bits per heavy atom. The Labute approximate surface area is 172 Å². The quantitative estimate of drug-likeness (QED) is 0.274. The van der Waals surface area contributed by atoms with E-state index < -0.39 is 17.4 Å². The van der Waals surface area contributed by atoms with Gasteiger partial charge in [0.15, 0.2) is 17.4 Å². The van der Waals surface area contributed by atoms with Crippen molar-refractivity contribution >= 4 is 23.0 Å². The second kappa shape index (κ2) is 12.1. The maximum absolute atomic E-state index is 9.87. The molecule has 7 nitrogen and oxygen atoms in total. The molecule has 158 valence electrons. The van der Waals surface area contributed by atoms with Gasteiger partial charge < -0.3 is 32.2 Å². The molecular formula is C18H37IO7. The van der Waals surface area contributed by atoms with Crippen molar-refractivity contribution in [3.63, 3.8) is 0 Å². The van der Waals surface area contributed by atoms with Gasteiger partial charge in [0.1, 0.15) is 29.1 Å². The molecule has 1 fully saturated rings. The summed E-state index contributed by atoms with van der Waals surface area (Å²) in [4.78, 5) is 0. The van der Waals surface area contributed by atoms with Crippen LogP contribution >= 0.6 is 23.0 Å². The molecule has 0 spiro atoms. The van der Waals surface area contributed by atoms with E-state index in [2.05, 4.69) is 9.99 Å². The number of hydrogen-bond acceptors (Lipinski definition) is 7. The number of halogens is 1. The number of aliphatic hydroxyl groups is 2. The van der Waals surface area contributed by atoms with E-state index in [-0.39, 0.29) is 12.2 Å². The first-order chi connectivity index (χ1) is 11.8. The number of hydrogen-bond donors (Lipinski definition) is 2. The minimum Gasteiger partial charge on any atom is -0.366 e. The molecule has 0 radical (unpaired) electrons. The highest BCUT2D eigenvalue weighted by Crippen LogP contribution is 2.28. The van der Waals surface area contributed by atoms with E-state index in [0.717, 1.165) is 13.0 Å². The third kappa shape index (κ3) is 14.5. The normalized spacial score (nSPS) is 21.2. The second-order valence-electron chi connectivity index (χ2n) is 7.72. The zero-order valence-corrected chi connectivity index (χ0v) is 19.4. The Balaban J connectivity index is 0.00000110. The van der Waals surface area contributed by atoms with Crippen LogP contribution in [0.25, 0.3) is 0 Å². The third-order valence-corrected chi connectivity index (χ3v) is 3.69. The van der Waals surface area contributed by atoms with Crippen molar-refractivity contribution in [3.05, 3.63) is 0 Å². The summed E-state index contributed by atoms with van der Waals surface area (Å²) in [5.41, 5.74) is 0. The number of ether oxygens (including phenoxy) is 4. The molecule has 0 aromatic heterocycles. The molecule has 26 heavy (non-hydrogen) atoms. The molecule has 2 atom stereocenters. The Kier molecular flexibility index (Phi) is 12.3. The fraction of sp³-hybridized carbons (Fsp3) is 1.00. The summed E-state index contributed by atoms with van der Waals surface area (Å²) in [6.45, 7) is 13.9. The highest BCUT2D eigenvalue weighted by atomic mass is 127. The Hall–Kier alpha value is 0.450. The topological polar surface area (TPSA) is 86.6 Å². The van der Waals surface area contributed by atoms with Crippen molar-refractivity contribution in [1.82, 2.24) is 0 Å². The molecule has 0 aromatic rings. The second-order valence-corrected chi connectivity index (χ2v) is 8.34. The van der Waals surface area contributed by atoms with Crippen LogP contribution in [0.15, 0.2) is 0 Å². The molecule has 1 rings (SSSR count). The van der Waals surface area contributed by atoms with E-state index >= 15 is 0 Å². The Morgan fingerprint density at radius 2 is 1.77 bits per heavy atom. The van der Waals surface area contributed by atoms with Gasteiger partial charge in [-0.2, -0.15) is 0 Å². The lowest BCUT2D eigenvalue weighted by Gasteiger charge is -2.30. The van der Waals surface area contributed by atoms with Gasteiger partial charge in [0.25, 0.3) is 0 Å². The first-order valence-corrected chi connectivity index (χ1v) is 9.99. The molecule has 0 aromatic carbocycles. The van der Waals surface area contributed by atoms with Gasteiger partial charge in [-0.1, -0.05) is 6.92 Å². The van der Waals surface area contributed by atoms with Crippen LogP contribution in [0.1, 0.15) is 67.7 Å². The summed E-state index contributed by atoms with van der Waals surface area (Å²) in [7, 11) is 0. The van der Waals surface area contributed by atoms with Crippen LogP contribution in [-0.4, -0.2) is 59.6 Å². The smallest absolute Gasteiger partial charge is 0.163 e. The lowest BCUT2D eigenvalue weighted by Crippen LogP contribution is -2.40. The van der Waals surface area contributed by atoms with Crippen LogP contribution in [0.2, 0.25) is 0 Å². The fourth-order valence-electron chi connectivity index (χ4n) is 2.27. The van der Waals surface area contributed by atoms with Crippen LogP contribution < -0.4 is 0 Å². The number of rotatable bonds is 10. The molecule has 8 heteroatoms. The van der Waals surface area contributed by atoms with Crippen molar-refractivity contribution in [3.8, 4) is 0 Å². The highest BCUT2D eigenvalue weighted by Gasteiger charge is 2.39. The van der Waals surface area contributed by atoms with Crippen LogP contribution in [0.5, 0.6) is 0 Å². The minimum atomic E-state index is -1.24. The van der Waals surface area contributed by atoms with Gasteiger partial charge in [-0.05, 0) is 60.8 Å². The van der Waals surface area contributed by atoms with E-state index in [9.17, 15) is 10.2 Å². The zero-order valence-electron chi connectivity index (χ0n) is 17.2. The molecule has 0 saturated carbocycles. The average molecular weight is 492 g/mol. The van der Waals surface area contributed by atoms with Gasteiger partial charge in [0, 0.05) is 0 Å². The molecule has 1 saturated heterocycles. The maximum atomic E-state index is 9.87. The molecule has 2 N–H and O–H groups in total. The highest BCUT2D eigenvalue weighted by molar-refractivity contribution is 14.1. The Bertz CT molecular complexity index is 362. The molecule has 0 amide bonds. The van der Waals surface area contributed by atoms with Crippen LogP contribution in [0, 0.1) is 0 Å². The van der Waals surface area contributed by atoms with Crippen molar-refractivity contribution in [2.45, 2.75) is 97.3 Å². The van der Waals surface area contributed by atoms with Crippen molar-refractivity contribution in [2.75, 3.05) is 19.8 Å². The summed E-state index contributed by atoms with van der Waals surface area (Å²) in [5, 5.41) is 19.4. The van der Waals surface area contributed by atoms with E-state index in [0.29, 0.717) is 26.1 Å². The molecule has 1 heterocycles. The summed E-state index contributed by atoms with van der Waals surface area (Å²) >= 11 is 1.89. The van der Waals surface area contributed by atoms with E-state index in [4.69, 9.17) is 18.9 Å². The lowest BCUT2D eigenvalue weighted by molar-refractivity contribution is -0.238. The van der Waals surface area contributed by atoms with Crippen LogP contribution in [0.3, 0.4) is 0 Å². The van der Waals surface area contributed by atoms with E-state index in [1.165, 1.54) is 0 Å². The predicted octanol–water partition coefficient (Wildman–Crippen LogP) is 3.54. The molecular weight excluding hydrogens is 455 g/mol. The van der Waals surface area contributed by atoms with Crippen molar-refractivity contribution in [1.29, 1.82) is 0 Å². The lowest BCUT2D eigenvalue weighted by atomic mass is 10.1. The van der Waals surface area contributed by atoms with E-state index in [1.54, 1.807) is 27.7 Å². The van der Waals surface area contributed by atoms with Gasteiger partial charge >= 0.3 is 0 Å². The van der Waals surface area contributed by atoms with Gasteiger partial charge in [0.2, 0.25) is 0 Å². The SMILES string of the molecule is CC(C)(O)OCCCC(OC(C)(C)O)C1COC(C)(C)O1.CCCOI. The first kappa shape index (κ1) is 26.4. The standard InChI is InChI=1S/C15H30O6.C3H7IO/c1-13(2,16)18-9-7-8-11(20-14(3,4)17)12-10-19-15(5,6)21-12;1-2-3-5-4/h11-12,16-17H,7-10H2,1-6H3;2-3H2,1H3. The summed E-state index contributed by atoms with van der Waals surface area (Å²) in [6, 6.07) is 0. The van der Waals surface area contributed by atoms with Crippen molar-refractivity contribution in [2.24, 2.45) is 0 Å². The van der Waals surface area contributed by atoms with Crippen molar-refractivity contribution < 1.29 is 32.2 Å². The van der Waals surface area contributed by atoms with E-state index in [1.807, 2.05) is 36.9 Å². The minimum absolute atomic E-state index is 0.228. The first-order valence-electron chi connectivity index (χ1n) is 9.11.